The molecule has 0 radical (unpaired) electrons. The van der Waals surface area contributed by atoms with Crippen molar-refractivity contribution < 1.29 is 9.59 Å². The van der Waals surface area contributed by atoms with Crippen LogP contribution in [0.25, 0.3) is 0 Å². The highest BCUT2D eigenvalue weighted by atomic mass is 32.2. The molecular formula is C12H18O2S2. The fraction of sp³-hybridized carbons (Fsp3) is 0.833. The highest BCUT2D eigenvalue weighted by Crippen LogP contribution is 2.43. The quantitative estimate of drug-likeness (QED) is 0.677. The lowest BCUT2D eigenvalue weighted by Crippen LogP contribution is -2.42. The van der Waals surface area contributed by atoms with Crippen LogP contribution in [0.1, 0.15) is 33.1 Å². The van der Waals surface area contributed by atoms with Crippen molar-refractivity contribution in [2.45, 2.75) is 37.7 Å². The first kappa shape index (κ1) is 12.5. The van der Waals surface area contributed by atoms with E-state index in [1.165, 1.54) is 6.42 Å². The minimum absolute atomic E-state index is 0.116. The maximum atomic E-state index is 12.1. The van der Waals surface area contributed by atoms with Crippen LogP contribution in [0.5, 0.6) is 0 Å². The van der Waals surface area contributed by atoms with E-state index in [1.54, 1.807) is 23.5 Å². The molecule has 4 heteroatoms. The Morgan fingerprint density at radius 3 is 2.06 bits per heavy atom. The summed E-state index contributed by atoms with van der Waals surface area (Å²) < 4.78 is 0.199. The van der Waals surface area contributed by atoms with Gasteiger partial charge in [-0.2, -0.15) is 0 Å². The number of Topliss-reactive ketones (excluding diaryl/α,β-unsaturated/α-hetero) is 2. The third-order valence-electron chi connectivity index (χ3n) is 3.12. The Kier molecular flexibility index (Phi) is 3.69. The lowest BCUT2D eigenvalue weighted by Gasteiger charge is -2.36. The van der Waals surface area contributed by atoms with Crippen molar-refractivity contribution in [3.63, 3.8) is 0 Å². The van der Waals surface area contributed by atoms with Gasteiger partial charge in [0.1, 0.15) is 11.6 Å². The molecule has 0 bridgehead atoms. The van der Waals surface area contributed by atoms with E-state index >= 15 is 0 Å². The lowest BCUT2D eigenvalue weighted by molar-refractivity contribution is -0.138. The van der Waals surface area contributed by atoms with E-state index in [-0.39, 0.29) is 27.5 Å². The van der Waals surface area contributed by atoms with Gasteiger partial charge in [0.05, 0.1) is 10.5 Å². The first-order valence-corrected chi connectivity index (χ1v) is 7.88. The number of ketones is 2. The summed E-state index contributed by atoms with van der Waals surface area (Å²) in [6.45, 7) is 4.03. The predicted octanol–water partition coefficient (Wildman–Crippen LogP) is 2.76. The van der Waals surface area contributed by atoms with Gasteiger partial charge in [0.15, 0.2) is 0 Å². The summed E-state index contributed by atoms with van der Waals surface area (Å²) in [6, 6.07) is 0. The van der Waals surface area contributed by atoms with Gasteiger partial charge in [0.25, 0.3) is 0 Å². The SMILES string of the molecule is CC1(C)CC(=O)C(C2SCCCS2)C(=O)C1. The maximum Gasteiger partial charge on any atom is 0.145 e. The molecule has 0 N–H and O–H groups in total. The molecule has 0 aromatic rings. The van der Waals surface area contributed by atoms with E-state index in [4.69, 9.17) is 0 Å². The summed E-state index contributed by atoms with van der Waals surface area (Å²) >= 11 is 3.60. The molecule has 1 heterocycles. The molecule has 1 aliphatic carbocycles. The van der Waals surface area contributed by atoms with Crippen LogP contribution in [-0.4, -0.2) is 27.7 Å². The summed E-state index contributed by atoms with van der Waals surface area (Å²) in [5.41, 5.74) is -0.116. The monoisotopic (exact) mass is 258 g/mol. The Morgan fingerprint density at radius 1 is 1.06 bits per heavy atom. The van der Waals surface area contributed by atoms with Crippen LogP contribution < -0.4 is 0 Å². The van der Waals surface area contributed by atoms with Crippen molar-refractivity contribution in [1.29, 1.82) is 0 Å². The molecule has 2 rings (SSSR count). The number of carbonyl (C=O) groups excluding carboxylic acids is 2. The van der Waals surface area contributed by atoms with Crippen molar-refractivity contribution in [1.82, 2.24) is 0 Å². The first-order valence-electron chi connectivity index (χ1n) is 5.78. The Labute approximate surface area is 105 Å². The molecule has 1 saturated carbocycles. The van der Waals surface area contributed by atoms with Crippen LogP contribution in [0, 0.1) is 11.3 Å². The topological polar surface area (TPSA) is 34.1 Å². The number of thioether (sulfide) groups is 2. The zero-order chi connectivity index (χ0) is 11.8. The van der Waals surface area contributed by atoms with Gasteiger partial charge in [-0.15, -0.1) is 23.5 Å². The second-order valence-electron chi connectivity index (χ2n) is 5.39. The highest BCUT2D eigenvalue weighted by molar-refractivity contribution is 8.17. The largest absolute Gasteiger partial charge is 0.299 e. The molecule has 1 aliphatic heterocycles. The molecule has 16 heavy (non-hydrogen) atoms. The predicted molar refractivity (Wildman–Crippen MR) is 69.8 cm³/mol. The number of hydrogen-bond acceptors (Lipinski definition) is 4. The average Bonchev–Trinajstić information content (AvgIpc) is 2.16. The third kappa shape index (κ3) is 2.65. The molecule has 2 fully saturated rings. The molecule has 0 aromatic carbocycles. The van der Waals surface area contributed by atoms with Crippen LogP contribution in [0.2, 0.25) is 0 Å². The summed E-state index contributed by atoms with van der Waals surface area (Å²) in [5, 5.41) is 0. The highest BCUT2D eigenvalue weighted by Gasteiger charge is 2.44. The van der Waals surface area contributed by atoms with Gasteiger partial charge in [-0.1, -0.05) is 13.8 Å². The fourth-order valence-corrected chi connectivity index (χ4v) is 5.63. The molecule has 2 nitrogen and oxygen atoms in total. The van der Waals surface area contributed by atoms with Gasteiger partial charge in [-0.05, 0) is 23.3 Å². The van der Waals surface area contributed by atoms with Gasteiger partial charge in [-0.25, -0.2) is 0 Å². The summed E-state index contributed by atoms with van der Waals surface area (Å²) in [4.78, 5) is 24.1. The number of hydrogen-bond donors (Lipinski definition) is 0. The standard InChI is InChI=1S/C12H18O2S2/c1-12(2)6-8(13)10(9(14)7-12)11-15-4-3-5-16-11/h10-11H,3-7H2,1-2H3. The Balaban J connectivity index is 2.09. The van der Waals surface area contributed by atoms with Gasteiger partial charge in [0, 0.05) is 12.8 Å². The summed E-state index contributed by atoms with van der Waals surface area (Å²) in [6.07, 6.45) is 2.34. The minimum Gasteiger partial charge on any atom is -0.299 e. The summed E-state index contributed by atoms with van der Waals surface area (Å²) in [7, 11) is 0. The molecular weight excluding hydrogens is 240 g/mol. The van der Waals surface area contributed by atoms with Crippen LogP contribution in [-0.2, 0) is 9.59 Å². The van der Waals surface area contributed by atoms with Crippen LogP contribution in [0.3, 0.4) is 0 Å². The van der Waals surface area contributed by atoms with Crippen molar-refractivity contribution >= 4 is 35.1 Å². The van der Waals surface area contributed by atoms with E-state index in [0.717, 1.165) is 11.5 Å². The molecule has 2 aliphatic rings. The van der Waals surface area contributed by atoms with Crippen LogP contribution in [0.4, 0.5) is 0 Å². The van der Waals surface area contributed by atoms with E-state index in [0.29, 0.717) is 12.8 Å². The van der Waals surface area contributed by atoms with E-state index in [9.17, 15) is 9.59 Å². The second-order valence-corrected chi connectivity index (χ2v) is 8.19. The zero-order valence-electron chi connectivity index (χ0n) is 9.82. The average molecular weight is 258 g/mol. The molecule has 0 atom stereocenters. The number of rotatable bonds is 1. The van der Waals surface area contributed by atoms with Gasteiger partial charge in [0.2, 0.25) is 0 Å². The van der Waals surface area contributed by atoms with Gasteiger partial charge in [-0.3, -0.25) is 9.59 Å². The van der Waals surface area contributed by atoms with E-state index in [1.807, 2.05) is 13.8 Å². The Morgan fingerprint density at radius 2 is 1.56 bits per heavy atom. The molecule has 0 spiro atoms. The molecule has 0 unspecified atom stereocenters. The Bertz CT molecular complexity index is 286. The van der Waals surface area contributed by atoms with E-state index in [2.05, 4.69) is 0 Å². The fourth-order valence-electron chi connectivity index (χ4n) is 2.41. The van der Waals surface area contributed by atoms with Crippen molar-refractivity contribution in [2.75, 3.05) is 11.5 Å². The Hall–Kier alpha value is 0.0400. The second kappa shape index (κ2) is 4.73. The van der Waals surface area contributed by atoms with Gasteiger partial charge >= 0.3 is 0 Å². The smallest absolute Gasteiger partial charge is 0.145 e. The first-order chi connectivity index (χ1) is 7.49. The molecule has 1 saturated heterocycles. The summed E-state index contributed by atoms with van der Waals surface area (Å²) in [5.74, 6) is 2.22. The number of carbonyl (C=O) groups is 2. The molecule has 0 amide bonds. The van der Waals surface area contributed by atoms with E-state index < -0.39 is 0 Å². The van der Waals surface area contributed by atoms with Crippen LogP contribution >= 0.6 is 23.5 Å². The molecule has 0 aromatic heterocycles. The lowest BCUT2D eigenvalue weighted by atomic mass is 9.72. The van der Waals surface area contributed by atoms with Crippen molar-refractivity contribution in [3.8, 4) is 0 Å². The third-order valence-corrected chi connectivity index (χ3v) is 6.19. The maximum absolute atomic E-state index is 12.1. The normalized spacial score (nSPS) is 28.4. The zero-order valence-corrected chi connectivity index (χ0v) is 11.5. The van der Waals surface area contributed by atoms with Crippen molar-refractivity contribution in [2.24, 2.45) is 11.3 Å². The van der Waals surface area contributed by atoms with Gasteiger partial charge < -0.3 is 0 Å². The van der Waals surface area contributed by atoms with Crippen molar-refractivity contribution in [3.05, 3.63) is 0 Å². The molecule has 90 valence electrons. The minimum atomic E-state index is -0.316. The van der Waals surface area contributed by atoms with Crippen LogP contribution in [0.15, 0.2) is 0 Å².